The molecule has 0 saturated heterocycles. The Morgan fingerprint density at radius 1 is 0.975 bits per heavy atom. The molecule has 4 rings (SSSR count). The van der Waals surface area contributed by atoms with Gasteiger partial charge in [-0.3, -0.25) is 14.2 Å². The molecule has 9 nitrogen and oxygen atoms in total. The number of benzene rings is 3. The maximum absolute atomic E-state index is 12.8. The van der Waals surface area contributed by atoms with E-state index in [1.807, 2.05) is 18.2 Å². The molecule has 0 bridgehead atoms. The Kier molecular flexibility index (Phi) is 8.69. The van der Waals surface area contributed by atoms with Crippen molar-refractivity contribution in [1.29, 1.82) is 0 Å². The van der Waals surface area contributed by atoms with Crippen LogP contribution in [-0.2, 0) is 22.5 Å². The Labute approximate surface area is 235 Å². The van der Waals surface area contributed by atoms with Gasteiger partial charge in [0.2, 0.25) is 0 Å². The fourth-order valence-corrected chi connectivity index (χ4v) is 4.99. The first-order valence-corrected chi connectivity index (χ1v) is 13.5. The largest absolute Gasteiger partial charge is 0.548 e. The minimum atomic E-state index is -1.42. The predicted molar refractivity (Wildman–Crippen MR) is 150 cm³/mol. The lowest BCUT2D eigenvalue weighted by atomic mass is 10.0. The van der Waals surface area contributed by atoms with Gasteiger partial charge in [-0.15, -0.1) is 0 Å². The zero-order valence-corrected chi connectivity index (χ0v) is 23.2. The molecule has 1 aromatic heterocycles. The lowest BCUT2D eigenvalue weighted by molar-refractivity contribution is -0.308. The molecule has 4 aromatic rings. The van der Waals surface area contributed by atoms with Gasteiger partial charge < -0.3 is 24.7 Å². The third-order valence-corrected chi connectivity index (χ3v) is 6.83. The average Bonchev–Trinajstić information content (AvgIpc) is 3.22. The van der Waals surface area contributed by atoms with Crippen molar-refractivity contribution in [3.05, 3.63) is 99.2 Å². The van der Waals surface area contributed by atoms with E-state index in [9.17, 15) is 24.3 Å². The van der Waals surface area contributed by atoms with Crippen molar-refractivity contribution < 1.29 is 29.0 Å². The van der Waals surface area contributed by atoms with E-state index in [0.717, 1.165) is 21.6 Å². The molecule has 40 heavy (non-hydrogen) atoms. The van der Waals surface area contributed by atoms with Gasteiger partial charge in [0, 0.05) is 11.1 Å². The van der Waals surface area contributed by atoms with Crippen molar-refractivity contribution in [2.24, 2.45) is 0 Å². The summed E-state index contributed by atoms with van der Waals surface area (Å²) in [6.45, 7) is 5.57. The summed E-state index contributed by atoms with van der Waals surface area (Å²) in [5.41, 5.74) is 1.72. The second-order valence-corrected chi connectivity index (χ2v) is 11.1. The standard InChI is InChI=1S/C30H30N2O7S/c1-30(2,3)39-28(36)31-23(27(34)35)17-19-9-12-22(13-10-19)38-16-15-32-24-14-11-21(18-25(24)40-29(32)37)26(33)20-7-5-4-6-8-20/h4-14,18,23H,15-17H2,1-3H3,(H,31,36)(H,34,35)/p-1. The molecule has 0 radical (unpaired) electrons. The number of ether oxygens (including phenoxy) is 2. The number of ketones is 1. The monoisotopic (exact) mass is 561 g/mol. The van der Waals surface area contributed by atoms with Crippen LogP contribution in [0.25, 0.3) is 10.2 Å². The topological polar surface area (TPSA) is 127 Å². The highest BCUT2D eigenvalue weighted by molar-refractivity contribution is 7.16. The van der Waals surface area contributed by atoms with Crippen molar-refractivity contribution in [3.8, 4) is 5.75 Å². The van der Waals surface area contributed by atoms with Crippen LogP contribution >= 0.6 is 11.3 Å². The van der Waals surface area contributed by atoms with E-state index in [1.165, 1.54) is 0 Å². The minimum Gasteiger partial charge on any atom is -0.548 e. The number of nitrogens with zero attached hydrogens (tertiary/aromatic N) is 1. The third-order valence-electron chi connectivity index (χ3n) is 5.89. The molecule has 1 amide bonds. The Morgan fingerprint density at radius 3 is 2.33 bits per heavy atom. The zero-order valence-electron chi connectivity index (χ0n) is 22.3. The predicted octanol–water partition coefficient (Wildman–Crippen LogP) is 3.56. The molecule has 0 saturated carbocycles. The molecule has 0 fully saturated rings. The number of carboxylic acids is 1. The number of carboxylic acid groups (broad SMARTS) is 1. The highest BCUT2D eigenvalue weighted by Crippen LogP contribution is 2.21. The highest BCUT2D eigenvalue weighted by Gasteiger charge is 2.20. The molecule has 0 spiro atoms. The summed E-state index contributed by atoms with van der Waals surface area (Å²) in [6.07, 6.45) is -0.829. The second-order valence-electron chi connectivity index (χ2n) is 10.1. The molecule has 1 N–H and O–H groups in total. The summed E-state index contributed by atoms with van der Waals surface area (Å²) in [5.74, 6) is -0.985. The summed E-state index contributed by atoms with van der Waals surface area (Å²) in [4.78, 5) is 48.7. The van der Waals surface area contributed by atoms with Crippen LogP contribution < -0.4 is 20.0 Å². The van der Waals surface area contributed by atoms with Crippen LogP contribution in [0.4, 0.5) is 4.79 Å². The van der Waals surface area contributed by atoms with Crippen LogP contribution in [-0.4, -0.2) is 40.7 Å². The number of aromatic nitrogens is 1. The number of rotatable bonds is 10. The lowest BCUT2D eigenvalue weighted by Crippen LogP contribution is -2.50. The fourth-order valence-electron chi connectivity index (χ4n) is 4.03. The van der Waals surface area contributed by atoms with Gasteiger partial charge in [-0.2, -0.15) is 0 Å². The molecule has 208 valence electrons. The molecule has 1 heterocycles. The maximum Gasteiger partial charge on any atom is 0.408 e. The summed E-state index contributed by atoms with van der Waals surface area (Å²) in [7, 11) is 0. The van der Waals surface area contributed by atoms with Gasteiger partial charge in [0.15, 0.2) is 5.78 Å². The number of nitrogens with one attached hydrogen (secondary N) is 1. The summed E-state index contributed by atoms with van der Waals surface area (Å²) < 4.78 is 13.3. The summed E-state index contributed by atoms with van der Waals surface area (Å²) in [6, 6.07) is 19.7. The van der Waals surface area contributed by atoms with E-state index >= 15 is 0 Å². The number of fused-ring (bicyclic) bond motifs is 1. The average molecular weight is 562 g/mol. The smallest absolute Gasteiger partial charge is 0.408 e. The quantitative estimate of drug-likeness (QED) is 0.293. The van der Waals surface area contributed by atoms with Crippen molar-refractivity contribution in [2.75, 3.05) is 6.61 Å². The number of amides is 1. The maximum atomic E-state index is 12.8. The molecule has 1 unspecified atom stereocenters. The van der Waals surface area contributed by atoms with Crippen molar-refractivity contribution in [1.82, 2.24) is 9.88 Å². The molecule has 0 aliphatic heterocycles. The number of carbonyl (C=O) groups is 3. The Hall–Kier alpha value is -4.44. The summed E-state index contributed by atoms with van der Waals surface area (Å²) in [5, 5.41) is 13.8. The molecule has 0 aliphatic rings. The molecule has 3 aromatic carbocycles. The number of aliphatic carboxylic acids is 1. The van der Waals surface area contributed by atoms with Crippen LogP contribution in [0.15, 0.2) is 77.6 Å². The second kappa shape index (κ2) is 12.2. The lowest BCUT2D eigenvalue weighted by Gasteiger charge is -2.24. The Morgan fingerprint density at radius 2 is 1.68 bits per heavy atom. The van der Waals surface area contributed by atoms with Gasteiger partial charge in [0.05, 0.1) is 28.8 Å². The van der Waals surface area contributed by atoms with Crippen LogP contribution in [0.2, 0.25) is 0 Å². The van der Waals surface area contributed by atoms with E-state index in [-0.39, 0.29) is 23.7 Å². The number of hydrogen-bond donors (Lipinski definition) is 1. The molecular formula is C30H29N2O7S-. The van der Waals surface area contributed by atoms with Crippen LogP contribution in [0.5, 0.6) is 5.75 Å². The van der Waals surface area contributed by atoms with Gasteiger partial charge in [0.25, 0.3) is 0 Å². The van der Waals surface area contributed by atoms with Crippen LogP contribution in [0.3, 0.4) is 0 Å². The van der Waals surface area contributed by atoms with Crippen LogP contribution in [0.1, 0.15) is 42.3 Å². The van der Waals surface area contributed by atoms with Gasteiger partial charge >= 0.3 is 11.0 Å². The zero-order chi connectivity index (χ0) is 28.9. The normalized spacial score (nSPS) is 12.1. The molecule has 0 aliphatic carbocycles. The van der Waals surface area contributed by atoms with Crippen molar-refractivity contribution >= 4 is 39.4 Å². The van der Waals surface area contributed by atoms with Gasteiger partial charge in [-0.05, 0) is 63.1 Å². The van der Waals surface area contributed by atoms with Crippen molar-refractivity contribution in [3.63, 3.8) is 0 Å². The Balaban J connectivity index is 1.35. The van der Waals surface area contributed by atoms with Crippen molar-refractivity contribution in [2.45, 2.75) is 45.4 Å². The number of alkyl carbamates (subject to hydrolysis) is 1. The molecule has 10 heteroatoms. The van der Waals surface area contributed by atoms with Gasteiger partial charge in [0.1, 0.15) is 18.0 Å². The summed E-state index contributed by atoms with van der Waals surface area (Å²) >= 11 is 1.08. The van der Waals surface area contributed by atoms with E-state index < -0.39 is 23.7 Å². The Bertz CT molecular complexity index is 1570. The first kappa shape index (κ1) is 28.6. The molecule has 1 atom stereocenters. The first-order chi connectivity index (χ1) is 19.0. The third kappa shape index (κ3) is 7.35. The number of carbonyl (C=O) groups excluding carboxylic acids is 3. The van der Waals surface area contributed by atoms with Gasteiger partial charge in [-0.25, -0.2) is 4.79 Å². The first-order valence-electron chi connectivity index (χ1n) is 12.7. The molecular weight excluding hydrogens is 532 g/mol. The number of thiazole rings is 1. The van der Waals surface area contributed by atoms with E-state index in [1.54, 1.807) is 79.9 Å². The van der Waals surface area contributed by atoms with E-state index in [2.05, 4.69) is 5.32 Å². The van der Waals surface area contributed by atoms with E-state index in [0.29, 0.717) is 29.0 Å². The SMILES string of the molecule is CC(C)(C)OC(=O)NC(Cc1ccc(OCCn2c(=O)sc3cc(C(=O)c4ccccc4)ccc32)cc1)C(=O)[O-]. The highest BCUT2D eigenvalue weighted by atomic mass is 32.1. The van der Waals surface area contributed by atoms with Gasteiger partial charge in [-0.1, -0.05) is 53.8 Å². The fraction of sp³-hybridized carbons (Fsp3) is 0.267. The van der Waals surface area contributed by atoms with E-state index in [4.69, 9.17) is 9.47 Å². The van der Waals surface area contributed by atoms with Crippen LogP contribution in [0, 0.1) is 0 Å². The minimum absolute atomic E-state index is 0.00685. The number of hydrogen-bond acceptors (Lipinski definition) is 8.